The van der Waals surface area contributed by atoms with Crippen molar-refractivity contribution in [3.63, 3.8) is 0 Å². The van der Waals surface area contributed by atoms with Gasteiger partial charge in [-0.2, -0.15) is 5.10 Å². The number of hydrogen-bond acceptors (Lipinski definition) is 7. The maximum Gasteiger partial charge on any atom is 0.259 e. The van der Waals surface area contributed by atoms with Gasteiger partial charge in [0.25, 0.3) is 5.56 Å². The van der Waals surface area contributed by atoms with E-state index in [-0.39, 0.29) is 5.56 Å². The van der Waals surface area contributed by atoms with Crippen molar-refractivity contribution in [2.45, 2.75) is 0 Å². The Morgan fingerprint density at radius 3 is 2.83 bits per heavy atom. The first kappa shape index (κ1) is 17.8. The zero-order valence-corrected chi connectivity index (χ0v) is 16.2. The van der Waals surface area contributed by atoms with E-state index < -0.39 is 0 Å². The number of ether oxygens (including phenoxy) is 1. The summed E-state index contributed by atoms with van der Waals surface area (Å²) in [5.74, 6) is 0.805. The summed E-state index contributed by atoms with van der Waals surface area (Å²) in [5, 5.41) is 9.92. The number of fused-ring (bicyclic) bond motifs is 2. The van der Waals surface area contributed by atoms with Crippen LogP contribution in [0.3, 0.4) is 0 Å². The maximum absolute atomic E-state index is 12.6. The first-order chi connectivity index (χ1) is 14.6. The Labute approximate surface area is 170 Å². The number of methoxy groups -OCH3 is 1. The number of nitrogens with zero attached hydrogens (tertiary/aromatic N) is 5. The number of nitrogens with one attached hydrogen (secondary N) is 2. The summed E-state index contributed by atoms with van der Waals surface area (Å²) in [5.41, 5.74) is 2.49. The lowest BCUT2D eigenvalue weighted by Gasteiger charge is -2.11. The van der Waals surface area contributed by atoms with E-state index in [9.17, 15) is 4.79 Å². The Morgan fingerprint density at radius 1 is 1.07 bits per heavy atom. The number of aryl methyl sites for hydroxylation is 1. The van der Waals surface area contributed by atoms with Gasteiger partial charge in [-0.15, -0.1) is 0 Å². The molecule has 5 rings (SSSR count). The van der Waals surface area contributed by atoms with Crippen molar-refractivity contribution < 1.29 is 4.74 Å². The molecule has 9 nitrogen and oxygen atoms in total. The van der Waals surface area contributed by atoms with Crippen LogP contribution in [-0.4, -0.2) is 36.8 Å². The third kappa shape index (κ3) is 3.12. The van der Waals surface area contributed by atoms with Crippen molar-refractivity contribution in [2.75, 3.05) is 12.4 Å². The molecule has 9 heteroatoms. The van der Waals surface area contributed by atoms with Gasteiger partial charge >= 0.3 is 0 Å². The Hall–Kier alpha value is -4.27. The van der Waals surface area contributed by atoms with Gasteiger partial charge in [0.1, 0.15) is 11.5 Å². The summed E-state index contributed by atoms with van der Waals surface area (Å²) in [6.45, 7) is 0. The van der Waals surface area contributed by atoms with Crippen LogP contribution in [0, 0.1) is 0 Å². The molecule has 30 heavy (non-hydrogen) atoms. The van der Waals surface area contributed by atoms with Crippen LogP contribution in [0.2, 0.25) is 0 Å². The van der Waals surface area contributed by atoms with Crippen molar-refractivity contribution in [3.05, 3.63) is 65.5 Å². The number of aromatic amines is 1. The minimum atomic E-state index is -0.232. The molecule has 0 saturated carbocycles. The molecule has 0 aliphatic heterocycles. The molecular formula is C21H17N7O2. The second-order valence-electron chi connectivity index (χ2n) is 6.78. The molecule has 0 atom stereocenters. The van der Waals surface area contributed by atoms with Gasteiger partial charge in [-0.05, 0) is 35.7 Å². The first-order valence-electron chi connectivity index (χ1n) is 9.20. The highest BCUT2D eigenvalue weighted by atomic mass is 16.5. The van der Waals surface area contributed by atoms with E-state index in [0.29, 0.717) is 28.5 Å². The molecule has 4 aromatic heterocycles. The van der Waals surface area contributed by atoms with Crippen molar-refractivity contribution in [3.8, 4) is 17.3 Å². The van der Waals surface area contributed by atoms with Crippen LogP contribution in [0.5, 0.6) is 5.88 Å². The number of rotatable bonds is 4. The molecule has 0 unspecified atom stereocenters. The topological polar surface area (TPSA) is 111 Å². The van der Waals surface area contributed by atoms with Crippen molar-refractivity contribution in [1.82, 2.24) is 29.7 Å². The minimum absolute atomic E-state index is 0.232. The molecule has 0 aliphatic rings. The number of anilines is 2. The van der Waals surface area contributed by atoms with Gasteiger partial charge in [0.15, 0.2) is 0 Å². The predicted octanol–water partition coefficient (Wildman–Crippen LogP) is 3.02. The lowest BCUT2D eigenvalue weighted by molar-refractivity contribution is 0.396. The average Bonchev–Trinajstić information content (AvgIpc) is 3.13. The second kappa shape index (κ2) is 6.96. The molecule has 0 saturated heterocycles. The van der Waals surface area contributed by atoms with E-state index in [4.69, 9.17) is 4.74 Å². The molecule has 0 bridgehead atoms. The van der Waals surface area contributed by atoms with Gasteiger partial charge in [-0.25, -0.2) is 9.97 Å². The zero-order valence-electron chi connectivity index (χ0n) is 16.2. The highest BCUT2D eigenvalue weighted by molar-refractivity contribution is 5.95. The lowest BCUT2D eigenvalue weighted by atomic mass is 10.1. The number of pyridine rings is 2. The number of aromatic nitrogens is 6. The molecule has 148 valence electrons. The molecule has 2 N–H and O–H groups in total. The van der Waals surface area contributed by atoms with Gasteiger partial charge in [0.05, 0.1) is 36.1 Å². The van der Waals surface area contributed by atoms with Crippen LogP contribution in [0.25, 0.3) is 33.1 Å². The van der Waals surface area contributed by atoms with E-state index in [1.54, 1.807) is 23.1 Å². The summed E-state index contributed by atoms with van der Waals surface area (Å²) in [6, 6.07) is 9.43. The third-order valence-corrected chi connectivity index (χ3v) is 4.72. The molecule has 4 heterocycles. The van der Waals surface area contributed by atoms with Crippen LogP contribution < -0.4 is 15.6 Å². The smallest absolute Gasteiger partial charge is 0.259 e. The third-order valence-electron chi connectivity index (χ3n) is 4.72. The maximum atomic E-state index is 12.6. The van der Waals surface area contributed by atoms with Gasteiger partial charge in [-0.3, -0.25) is 14.5 Å². The lowest BCUT2D eigenvalue weighted by Crippen LogP contribution is -2.09. The quantitative estimate of drug-likeness (QED) is 0.478. The summed E-state index contributed by atoms with van der Waals surface area (Å²) in [7, 11) is 3.41. The van der Waals surface area contributed by atoms with Gasteiger partial charge in [-0.1, -0.05) is 0 Å². The molecule has 5 aromatic rings. The summed E-state index contributed by atoms with van der Waals surface area (Å²) in [4.78, 5) is 28.5. The fourth-order valence-electron chi connectivity index (χ4n) is 3.36. The summed E-state index contributed by atoms with van der Waals surface area (Å²) in [6.07, 6.45) is 6.68. The van der Waals surface area contributed by atoms with Crippen molar-refractivity contribution in [2.24, 2.45) is 7.05 Å². The normalized spacial score (nSPS) is 11.1. The first-order valence-corrected chi connectivity index (χ1v) is 9.20. The standard InChI is InChI=1S/C21H17N7O2/c1-28-11-13-3-4-14(8-15(13)27-28)24-20-19-12(5-6-23-21(19)29)7-16(26-20)17-9-22-10-18(25-17)30-2/h3-11H,1-2H3,(H,23,29)(H,24,26). The fourth-order valence-corrected chi connectivity index (χ4v) is 3.36. The summed E-state index contributed by atoms with van der Waals surface area (Å²) >= 11 is 0. The van der Waals surface area contributed by atoms with E-state index in [1.165, 1.54) is 13.3 Å². The van der Waals surface area contributed by atoms with Crippen molar-refractivity contribution >= 4 is 33.2 Å². The van der Waals surface area contributed by atoms with E-state index in [0.717, 1.165) is 22.0 Å². The van der Waals surface area contributed by atoms with Crippen LogP contribution >= 0.6 is 0 Å². The summed E-state index contributed by atoms with van der Waals surface area (Å²) < 4.78 is 6.93. The molecule has 0 spiro atoms. The molecule has 0 radical (unpaired) electrons. The Bertz CT molecular complexity index is 1460. The number of benzene rings is 1. The van der Waals surface area contributed by atoms with E-state index in [1.807, 2.05) is 37.5 Å². The molecule has 0 fully saturated rings. The van der Waals surface area contributed by atoms with Gasteiger partial charge < -0.3 is 15.0 Å². The van der Waals surface area contributed by atoms with Crippen LogP contribution in [-0.2, 0) is 7.05 Å². The van der Waals surface area contributed by atoms with Crippen LogP contribution in [0.1, 0.15) is 0 Å². The highest BCUT2D eigenvalue weighted by Crippen LogP contribution is 2.28. The second-order valence-corrected chi connectivity index (χ2v) is 6.78. The number of H-pyrrole nitrogens is 1. The SMILES string of the molecule is COc1cncc(-c2cc3cc[nH]c(=O)c3c(Nc3ccc4cn(C)nc4c3)n2)n1. The fraction of sp³-hybridized carbons (Fsp3) is 0.0952. The molecule has 0 aliphatic carbocycles. The van der Waals surface area contributed by atoms with Crippen molar-refractivity contribution in [1.29, 1.82) is 0 Å². The van der Waals surface area contributed by atoms with Gasteiger partial charge in [0.2, 0.25) is 5.88 Å². The Kier molecular flexibility index (Phi) is 4.13. The Morgan fingerprint density at radius 2 is 1.97 bits per heavy atom. The Balaban J connectivity index is 1.67. The average molecular weight is 399 g/mol. The van der Waals surface area contributed by atoms with E-state index >= 15 is 0 Å². The monoisotopic (exact) mass is 399 g/mol. The van der Waals surface area contributed by atoms with Gasteiger partial charge in [0, 0.05) is 30.5 Å². The number of hydrogen-bond donors (Lipinski definition) is 2. The predicted molar refractivity (Wildman–Crippen MR) is 114 cm³/mol. The molecule has 1 aromatic carbocycles. The van der Waals surface area contributed by atoms with E-state index in [2.05, 4.69) is 30.4 Å². The van der Waals surface area contributed by atoms with Crippen LogP contribution in [0.4, 0.5) is 11.5 Å². The molecule has 0 amide bonds. The minimum Gasteiger partial charge on any atom is -0.480 e. The highest BCUT2D eigenvalue weighted by Gasteiger charge is 2.13. The largest absolute Gasteiger partial charge is 0.480 e. The molecular weight excluding hydrogens is 382 g/mol. The van der Waals surface area contributed by atoms with Crippen LogP contribution in [0.15, 0.2) is 59.9 Å². The zero-order chi connectivity index (χ0) is 20.7.